The largest absolute Gasteiger partial charge is 0.481 e. The zero-order valence-electron chi connectivity index (χ0n) is 12.8. The lowest BCUT2D eigenvalue weighted by Gasteiger charge is -2.44. The molecule has 0 heterocycles. The van der Waals surface area contributed by atoms with Gasteiger partial charge in [0.25, 0.3) is 10.2 Å². The lowest BCUT2D eigenvalue weighted by molar-refractivity contribution is -0.140. The third kappa shape index (κ3) is 3.51. The Hall–Kier alpha value is -0.660. The summed E-state index contributed by atoms with van der Waals surface area (Å²) in [6, 6.07) is -0.159. The predicted octanol–water partition coefficient (Wildman–Crippen LogP) is 1.68. The van der Waals surface area contributed by atoms with Crippen LogP contribution in [-0.4, -0.2) is 53.8 Å². The molecule has 0 aromatic carbocycles. The van der Waals surface area contributed by atoms with Crippen molar-refractivity contribution in [3.05, 3.63) is 0 Å². The number of aliphatic carboxylic acids is 1. The maximum Gasteiger partial charge on any atom is 0.305 e. The maximum atomic E-state index is 12.6. The molecule has 1 N–H and O–H groups in total. The van der Waals surface area contributed by atoms with Crippen molar-refractivity contribution in [2.75, 3.05) is 14.1 Å². The molecular weight excluding hydrogens is 280 g/mol. The molecule has 20 heavy (non-hydrogen) atoms. The van der Waals surface area contributed by atoms with E-state index in [4.69, 9.17) is 5.11 Å². The van der Waals surface area contributed by atoms with Crippen LogP contribution in [0.1, 0.15) is 52.4 Å². The molecule has 0 aliphatic heterocycles. The summed E-state index contributed by atoms with van der Waals surface area (Å²) in [7, 11) is -0.587. The van der Waals surface area contributed by atoms with E-state index in [9.17, 15) is 13.2 Å². The monoisotopic (exact) mass is 306 g/mol. The van der Waals surface area contributed by atoms with Gasteiger partial charge in [0.05, 0.1) is 6.42 Å². The van der Waals surface area contributed by atoms with Crippen LogP contribution in [0.15, 0.2) is 0 Å². The first-order valence-corrected chi connectivity index (χ1v) is 8.47. The minimum Gasteiger partial charge on any atom is -0.481 e. The summed E-state index contributed by atoms with van der Waals surface area (Å²) in [6.07, 6.45) is 3.88. The van der Waals surface area contributed by atoms with E-state index in [-0.39, 0.29) is 12.5 Å². The van der Waals surface area contributed by atoms with Gasteiger partial charge >= 0.3 is 5.97 Å². The van der Waals surface area contributed by atoms with Crippen LogP contribution in [-0.2, 0) is 15.0 Å². The van der Waals surface area contributed by atoms with Gasteiger partial charge in [0.15, 0.2) is 0 Å². The maximum absolute atomic E-state index is 12.6. The molecule has 0 aromatic heterocycles. The van der Waals surface area contributed by atoms with E-state index in [1.54, 1.807) is 13.8 Å². The third-order valence-corrected chi connectivity index (χ3v) is 6.60. The lowest BCUT2D eigenvalue weighted by atomic mass is 9.79. The number of nitrogens with zero attached hydrogens (tertiary/aromatic N) is 2. The molecule has 6 nitrogen and oxygen atoms in total. The summed E-state index contributed by atoms with van der Waals surface area (Å²) in [4.78, 5) is 11.2. The number of carboxylic acids is 1. The lowest BCUT2D eigenvalue weighted by Crippen LogP contribution is -2.56. The second-order valence-corrected chi connectivity index (χ2v) is 7.96. The molecule has 0 radical (unpaired) electrons. The zero-order chi connectivity index (χ0) is 15.6. The highest BCUT2D eigenvalue weighted by atomic mass is 32.2. The van der Waals surface area contributed by atoms with Gasteiger partial charge in [-0.25, -0.2) is 0 Å². The second kappa shape index (κ2) is 6.41. The summed E-state index contributed by atoms with van der Waals surface area (Å²) in [5.41, 5.74) is -0.786. The fourth-order valence-corrected chi connectivity index (χ4v) is 4.45. The zero-order valence-corrected chi connectivity index (χ0v) is 13.6. The summed E-state index contributed by atoms with van der Waals surface area (Å²) >= 11 is 0. The molecule has 1 aliphatic carbocycles. The van der Waals surface area contributed by atoms with Gasteiger partial charge in [0.2, 0.25) is 0 Å². The Morgan fingerprint density at radius 2 is 1.70 bits per heavy atom. The van der Waals surface area contributed by atoms with Crippen LogP contribution in [0, 0.1) is 0 Å². The van der Waals surface area contributed by atoms with Crippen molar-refractivity contribution in [2.24, 2.45) is 0 Å². The van der Waals surface area contributed by atoms with Gasteiger partial charge in [-0.1, -0.05) is 19.3 Å². The van der Waals surface area contributed by atoms with E-state index < -0.39 is 21.7 Å². The standard InChI is InChI=1S/C13H26N2O4S/c1-11(2)14(3)20(18,19)15(4)13(10-12(16)17)8-6-5-7-9-13/h11H,5-10H2,1-4H3,(H,16,17). The Bertz CT molecular complexity index is 441. The van der Waals surface area contributed by atoms with Crippen LogP contribution in [0.3, 0.4) is 0 Å². The van der Waals surface area contributed by atoms with E-state index in [1.165, 1.54) is 22.7 Å². The van der Waals surface area contributed by atoms with Gasteiger partial charge in [-0.3, -0.25) is 4.79 Å². The summed E-state index contributed by atoms with van der Waals surface area (Å²) in [5.74, 6) is -0.943. The Morgan fingerprint density at radius 3 is 2.10 bits per heavy atom. The van der Waals surface area contributed by atoms with E-state index in [0.29, 0.717) is 12.8 Å². The van der Waals surface area contributed by atoms with Crippen molar-refractivity contribution >= 4 is 16.2 Å². The molecule has 7 heteroatoms. The van der Waals surface area contributed by atoms with Crippen LogP contribution in [0.5, 0.6) is 0 Å². The van der Waals surface area contributed by atoms with Gasteiger partial charge in [-0.05, 0) is 26.7 Å². The topological polar surface area (TPSA) is 77.9 Å². The molecule has 1 saturated carbocycles. The van der Waals surface area contributed by atoms with Crippen LogP contribution in [0.2, 0.25) is 0 Å². The highest BCUT2D eigenvalue weighted by molar-refractivity contribution is 7.86. The number of hydrogen-bond acceptors (Lipinski definition) is 3. The fraction of sp³-hybridized carbons (Fsp3) is 0.923. The third-order valence-electron chi connectivity index (χ3n) is 4.37. The Balaban J connectivity index is 3.10. The number of hydrogen-bond donors (Lipinski definition) is 1. The van der Waals surface area contributed by atoms with Gasteiger partial charge in [0, 0.05) is 25.7 Å². The van der Waals surface area contributed by atoms with Crippen molar-refractivity contribution in [1.82, 2.24) is 8.61 Å². The van der Waals surface area contributed by atoms with Crippen molar-refractivity contribution in [1.29, 1.82) is 0 Å². The molecule has 1 rings (SSSR count). The van der Waals surface area contributed by atoms with Crippen molar-refractivity contribution in [2.45, 2.75) is 64.0 Å². The van der Waals surface area contributed by atoms with Crippen LogP contribution in [0.4, 0.5) is 0 Å². The average Bonchev–Trinajstić information content (AvgIpc) is 2.36. The second-order valence-electron chi connectivity index (χ2n) is 5.94. The smallest absolute Gasteiger partial charge is 0.305 e. The van der Waals surface area contributed by atoms with Crippen molar-refractivity contribution < 1.29 is 18.3 Å². The first kappa shape index (κ1) is 17.4. The summed E-state index contributed by atoms with van der Waals surface area (Å²) in [6.45, 7) is 3.60. The van der Waals surface area contributed by atoms with Gasteiger partial charge in [-0.2, -0.15) is 17.0 Å². The Morgan fingerprint density at radius 1 is 1.20 bits per heavy atom. The van der Waals surface area contributed by atoms with Crippen LogP contribution in [0.25, 0.3) is 0 Å². The highest BCUT2D eigenvalue weighted by Gasteiger charge is 2.45. The van der Waals surface area contributed by atoms with E-state index in [2.05, 4.69) is 0 Å². The summed E-state index contributed by atoms with van der Waals surface area (Å²) in [5, 5.41) is 9.16. The Labute approximate surface area is 121 Å². The molecule has 1 fully saturated rings. The van der Waals surface area contributed by atoms with Crippen molar-refractivity contribution in [3.8, 4) is 0 Å². The molecule has 1 aliphatic rings. The normalized spacial score (nSPS) is 19.8. The van der Waals surface area contributed by atoms with Crippen LogP contribution < -0.4 is 0 Å². The summed E-state index contributed by atoms with van der Waals surface area (Å²) < 4.78 is 27.8. The predicted molar refractivity (Wildman–Crippen MR) is 77.7 cm³/mol. The molecule has 0 bridgehead atoms. The van der Waals surface area contributed by atoms with E-state index in [0.717, 1.165) is 19.3 Å². The highest BCUT2D eigenvalue weighted by Crippen LogP contribution is 2.38. The molecular formula is C13H26N2O4S. The van der Waals surface area contributed by atoms with Gasteiger partial charge in [0.1, 0.15) is 0 Å². The number of rotatable bonds is 6. The Kier molecular flexibility index (Phi) is 5.57. The molecule has 0 unspecified atom stereocenters. The van der Waals surface area contributed by atoms with Gasteiger partial charge in [-0.15, -0.1) is 0 Å². The quantitative estimate of drug-likeness (QED) is 0.810. The average molecular weight is 306 g/mol. The number of carboxylic acid groups (broad SMARTS) is 1. The number of carbonyl (C=O) groups is 1. The molecule has 0 atom stereocenters. The first-order chi connectivity index (χ1) is 9.13. The minimum absolute atomic E-state index is 0.130. The molecule has 0 amide bonds. The van der Waals surface area contributed by atoms with Gasteiger partial charge < -0.3 is 5.11 Å². The SMILES string of the molecule is CC(C)N(C)S(=O)(=O)N(C)C1(CC(=O)O)CCCCC1. The van der Waals surface area contributed by atoms with Crippen LogP contribution >= 0.6 is 0 Å². The van der Waals surface area contributed by atoms with E-state index in [1.807, 2.05) is 0 Å². The fourth-order valence-electron chi connectivity index (χ4n) is 2.80. The molecule has 0 aromatic rings. The van der Waals surface area contributed by atoms with E-state index >= 15 is 0 Å². The first-order valence-electron chi connectivity index (χ1n) is 7.07. The minimum atomic E-state index is -3.64. The van der Waals surface area contributed by atoms with Crippen molar-refractivity contribution in [3.63, 3.8) is 0 Å². The molecule has 118 valence electrons. The molecule has 0 saturated heterocycles. The molecule has 0 spiro atoms.